The van der Waals surface area contributed by atoms with Crippen molar-refractivity contribution >= 4 is 5.91 Å². The Morgan fingerprint density at radius 3 is 2.87 bits per heavy atom. The van der Waals surface area contributed by atoms with Crippen LogP contribution in [0.1, 0.15) is 23.3 Å². The van der Waals surface area contributed by atoms with Crippen LogP contribution < -0.4 is 5.32 Å². The molecule has 0 unspecified atom stereocenters. The normalized spacial score (nSPS) is 10.0. The third-order valence-electron chi connectivity index (χ3n) is 1.83. The highest BCUT2D eigenvalue weighted by Crippen LogP contribution is 1.97. The summed E-state index contributed by atoms with van der Waals surface area (Å²) < 4.78 is 12.5. The molecule has 0 aromatic carbocycles. The van der Waals surface area contributed by atoms with E-state index in [1.165, 1.54) is 12.1 Å². The maximum atomic E-state index is 12.5. The quantitative estimate of drug-likeness (QED) is 0.707. The Balaban J connectivity index is 2.37. The molecule has 0 aliphatic rings. The summed E-state index contributed by atoms with van der Waals surface area (Å²) in [6.07, 6.45) is 2.36. The molecule has 1 rings (SSSR count). The van der Waals surface area contributed by atoms with Gasteiger partial charge in [-0.3, -0.25) is 4.79 Å². The molecule has 15 heavy (non-hydrogen) atoms. The molecule has 0 saturated heterocycles. The number of nitrogens with one attached hydrogen (secondary N) is 1. The monoisotopic (exact) mass is 212 g/mol. The lowest BCUT2D eigenvalue weighted by molar-refractivity contribution is 0.0947. The summed E-state index contributed by atoms with van der Waals surface area (Å²) in [6, 6.07) is 2.52. The number of carbonyl (C=O) groups is 1. The third-order valence-corrected chi connectivity index (χ3v) is 1.83. The lowest BCUT2D eigenvalue weighted by atomic mass is 10.3. The fraction of sp³-hybridized carbons (Fsp3) is 0.400. The number of aromatic nitrogens is 1. The van der Waals surface area contributed by atoms with Crippen molar-refractivity contribution in [2.45, 2.75) is 12.8 Å². The van der Waals surface area contributed by atoms with Crippen molar-refractivity contribution in [3.05, 3.63) is 29.8 Å². The zero-order chi connectivity index (χ0) is 11.1. The third kappa shape index (κ3) is 4.03. The second kappa shape index (κ2) is 6.08. The number of unbranched alkanes of at least 4 members (excludes halogenated alkanes) is 1. The van der Waals surface area contributed by atoms with Gasteiger partial charge in [0.15, 0.2) is 0 Å². The van der Waals surface area contributed by atoms with E-state index in [1.54, 1.807) is 0 Å². The van der Waals surface area contributed by atoms with Gasteiger partial charge >= 0.3 is 0 Å². The van der Waals surface area contributed by atoms with E-state index in [-0.39, 0.29) is 18.2 Å². The van der Waals surface area contributed by atoms with Gasteiger partial charge in [0.1, 0.15) is 11.5 Å². The fourth-order valence-electron chi connectivity index (χ4n) is 1.04. The van der Waals surface area contributed by atoms with Crippen LogP contribution in [0, 0.1) is 5.82 Å². The van der Waals surface area contributed by atoms with Gasteiger partial charge in [-0.1, -0.05) is 0 Å². The van der Waals surface area contributed by atoms with Gasteiger partial charge in [0, 0.05) is 13.2 Å². The molecule has 0 fully saturated rings. The molecule has 82 valence electrons. The summed E-state index contributed by atoms with van der Waals surface area (Å²) in [7, 11) is 0. The highest BCUT2D eigenvalue weighted by atomic mass is 19.1. The van der Waals surface area contributed by atoms with E-state index in [0.29, 0.717) is 19.4 Å². The van der Waals surface area contributed by atoms with Crippen LogP contribution in [0.4, 0.5) is 4.39 Å². The number of aliphatic hydroxyl groups excluding tert-OH is 1. The minimum absolute atomic E-state index is 0.116. The van der Waals surface area contributed by atoms with Crippen molar-refractivity contribution in [3.8, 4) is 0 Å². The molecule has 2 N–H and O–H groups in total. The number of aliphatic hydroxyl groups is 1. The summed E-state index contributed by atoms with van der Waals surface area (Å²) in [5, 5.41) is 11.1. The number of amides is 1. The van der Waals surface area contributed by atoms with Crippen LogP contribution in [-0.4, -0.2) is 29.1 Å². The van der Waals surface area contributed by atoms with Crippen molar-refractivity contribution in [3.63, 3.8) is 0 Å². The van der Waals surface area contributed by atoms with E-state index in [2.05, 4.69) is 10.3 Å². The first-order valence-corrected chi connectivity index (χ1v) is 4.74. The van der Waals surface area contributed by atoms with E-state index in [0.717, 1.165) is 6.20 Å². The minimum Gasteiger partial charge on any atom is -0.396 e. The first kappa shape index (κ1) is 11.6. The lowest BCUT2D eigenvalue weighted by Crippen LogP contribution is -2.25. The van der Waals surface area contributed by atoms with Crippen LogP contribution in [-0.2, 0) is 0 Å². The van der Waals surface area contributed by atoms with E-state index in [4.69, 9.17) is 5.11 Å². The van der Waals surface area contributed by atoms with E-state index < -0.39 is 5.82 Å². The van der Waals surface area contributed by atoms with E-state index in [9.17, 15) is 9.18 Å². The number of hydrogen-bond acceptors (Lipinski definition) is 3. The number of hydrogen-bond donors (Lipinski definition) is 2. The van der Waals surface area contributed by atoms with Crippen molar-refractivity contribution in [2.24, 2.45) is 0 Å². The summed E-state index contributed by atoms with van der Waals surface area (Å²) >= 11 is 0. The van der Waals surface area contributed by atoms with Crippen LogP contribution >= 0.6 is 0 Å². The van der Waals surface area contributed by atoms with Crippen LogP contribution in [0.25, 0.3) is 0 Å². The second-order valence-electron chi connectivity index (χ2n) is 3.05. The molecule has 0 bridgehead atoms. The Bertz CT molecular complexity index is 314. The average molecular weight is 212 g/mol. The Kier molecular flexibility index (Phi) is 4.70. The summed E-state index contributed by atoms with van der Waals surface area (Å²) in [5.41, 5.74) is 0.195. The minimum atomic E-state index is -0.466. The van der Waals surface area contributed by atoms with E-state index >= 15 is 0 Å². The highest BCUT2D eigenvalue weighted by molar-refractivity contribution is 5.92. The number of halogens is 1. The largest absolute Gasteiger partial charge is 0.396 e. The average Bonchev–Trinajstić information content (AvgIpc) is 2.25. The highest BCUT2D eigenvalue weighted by Gasteiger charge is 2.05. The molecule has 0 radical (unpaired) electrons. The van der Waals surface area contributed by atoms with Gasteiger partial charge < -0.3 is 10.4 Å². The maximum Gasteiger partial charge on any atom is 0.269 e. The first-order chi connectivity index (χ1) is 7.24. The van der Waals surface area contributed by atoms with Gasteiger partial charge in [0.05, 0.1) is 6.20 Å². The van der Waals surface area contributed by atoms with Crippen LogP contribution in [0.5, 0.6) is 0 Å². The smallest absolute Gasteiger partial charge is 0.269 e. The number of rotatable bonds is 5. The Labute approximate surface area is 87.1 Å². The zero-order valence-corrected chi connectivity index (χ0v) is 8.24. The molecule has 4 nitrogen and oxygen atoms in total. The standard InChI is InChI=1S/C10H13FN2O2/c11-8-3-4-9(13-7-8)10(15)12-5-1-2-6-14/h3-4,7,14H,1-2,5-6H2,(H,12,15). The number of carbonyl (C=O) groups excluding carboxylic acids is 1. The molecule has 0 aliphatic heterocycles. The summed E-state index contributed by atoms with van der Waals surface area (Å²) in [4.78, 5) is 15.0. The topological polar surface area (TPSA) is 62.2 Å². The second-order valence-corrected chi connectivity index (χ2v) is 3.05. The van der Waals surface area contributed by atoms with Gasteiger partial charge in [-0.25, -0.2) is 9.37 Å². The summed E-state index contributed by atoms with van der Waals surface area (Å²) in [5.74, 6) is -0.792. The van der Waals surface area contributed by atoms with E-state index in [1.807, 2.05) is 0 Å². The number of nitrogens with zero attached hydrogens (tertiary/aromatic N) is 1. The molecule has 1 amide bonds. The molecule has 1 heterocycles. The first-order valence-electron chi connectivity index (χ1n) is 4.74. The molecule has 1 aromatic rings. The molecule has 0 spiro atoms. The van der Waals surface area contributed by atoms with Crippen molar-refractivity contribution in [1.82, 2.24) is 10.3 Å². The maximum absolute atomic E-state index is 12.5. The van der Waals surface area contributed by atoms with Gasteiger partial charge in [-0.2, -0.15) is 0 Å². The van der Waals surface area contributed by atoms with Gasteiger partial charge in [0.25, 0.3) is 5.91 Å². The SMILES string of the molecule is O=C(NCCCCO)c1ccc(F)cn1. The molecule has 0 atom stereocenters. The van der Waals surface area contributed by atoms with Crippen molar-refractivity contribution < 1.29 is 14.3 Å². The zero-order valence-electron chi connectivity index (χ0n) is 8.24. The Hall–Kier alpha value is -1.49. The summed E-state index contributed by atoms with van der Waals surface area (Å²) in [6.45, 7) is 0.600. The molecule has 0 saturated carbocycles. The van der Waals surface area contributed by atoms with Gasteiger partial charge in [-0.15, -0.1) is 0 Å². The Morgan fingerprint density at radius 2 is 2.27 bits per heavy atom. The van der Waals surface area contributed by atoms with Crippen molar-refractivity contribution in [2.75, 3.05) is 13.2 Å². The molecular weight excluding hydrogens is 199 g/mol. The fourth-order valence-corrected chi connectivity index (χ4v) is 1.04. The number of pyridine rings is 1. The van der Waals surface area contributed by atoms with Gasteiger partial charge in [0.2, 0.25) is 0 Å². The van der Waals surface area contributed by atoms with Crippen LogP contribution in [0.15, 0.2) is 18.3 Å². The predicted octanol–water partition coefficient (Wildman–Crippen LogP) is 0.723. The lowest BCUT2D eigenvalue weighted by Gasteiger charge is -2.03. The molecule has 1 aromatic heterocycles. The Morgan fingerprint density at radius 1 is 1.47 bits per heavy atom. The molecule has 0 aliphatic carbocycles. The van der Waals surface area contributed by atoms with Crippen LogP contribution in [0.3, 0.4) is 0 Å². The van der Waals surface area contributed by atoms with Gasteiger partial charge in [-0.05, 0) is 25.0 Å². The molecule has 5 heteroatoms. The van der Waals surface area contributed by atoms with Crippen molar-refractivity contribution in [1.29, 1.82) is 0 Å². The van der Waals surface area contributed by atoms with Crippen LogP contribution in [0.2, 0.25) is 0 Å². The predicted molar refractivity (Wildman–Crippen MR) is 52.8 cm³/mol. The molecular formula is C10H13FN2O2.